The van der Waals surface area contributed by atoms with E-state index < -0.39 is 6.03 Å². The predicted octanol–water partition coefficient (Wildman–Crippen LogP) is 3.07. The minimum atomic E-state index is -0.555. The van der Waals surface area contributed by atoms with E-state index in [4.69, 9.17) is 5.73 Å². The van der Waals surface area contributed by atoms with Gasteiger partial charge in [-0.05, 0) is 47.5 Å². The molecule has 1 aliphatic heterocycles. The van der Waals surface area contributed by atoms with Crippen molar-refractivity contribution in [3.05, 3.63) is 57.3 Å². The van der Waals surface area contributed by atoms with Crippen molar-refractivity contribution in [3.8, 4) is 0 Å². The van der Waals surface area contributed by atoms with Crippen LogP contribution in [0.3, 0.4) is 0 Å². The van der Waals surface area contributed by atoms with Crippen LogP contribution in [0.15, 0.2) is 35.7 Å². The zero-order chi connectivity index (χ0) is 17.1. The van der Waals surface area contributed by atoms with Gasteiger partial charge in [-0.1, -0.05) is 19.1 Å². The number of thiophene rings is 1. The Morgan fingerprint density at radius 1 is 1.29 bits per heavy atom. The van der Waals surface area contributed by atoms with Gasteiger partial charge in [-0.25, -0.2) is 4.79 Å². The second kappa shape index (κ2) is 7.05. The van der Waals surface area contributed by atoms with Gasteiger partial charge in [0.2, 0.25) is 0 Å². The van der Waals surface area contributed by atoms with E-state index in [0.717, 1.165) is 24.9 Å². The van der Waals surface area contributed by atoms with Crippen LogP contribution in [-0.2, 0) is 13.0 Å². The van der Waals surface area contributed by atoms with Crippen molar-refractivity contribution in [2.45, 2.75) is 32.4 Å². The molecule has 0 radical (unpaired) electrons. The molecule has 1 aliphatic rings. The third-order valence-corrected chi connectivity index (χ3v) is 5.41. The normalized spacial score (nSPS) is 16.5. The Labute approximate surface area is 145 Å². The van der Waals surface area contributed by atoms with Crippen molar-refractivity contribution in [1.29, 1.82) is 0 Å². The number of amides is 3. The van der Waals surface area contributed by atoms with Gasteiger partial charge in [-0.2, -0.15) is 0 Å². The van der Waals surface area contributed by atoms with Crippen molar-refractivity contribution in [2.75, 3.05) is 6.54 Å². The van der Waals surface area contributed by atoms with Crippen LogP contribution in [0.25, 0.3) is 0 Å². The molecule has 1 unspecified atom stereocenters. The minimum absolute atomic E-state index is 0.0631. The summed E-state index contributed by atoms with van der Waals surface area (Å²) in [6.45, 7) is 3.25. The third-order valence-electron chi connectivity index (χ3n) is 4.41. The first-order valence-electron chi connectivity index (χ1n) is 8.09. The highest BCUT2D eigenvalue weighted by Gasteiger charge is 2.30. The van der Waals surface area contributed by atoms with E-state index in [1.807, 2.05) is 29.2 Å². The molecule has 1 aromatic heterocycles. The lowest BCUT2D eigenvalue weighted by molar-refractivity contribution is 0.0657. The summed E-state index contributed by atoms with van der Waals surface area (Å²) >= 11 is 1.78. The molecule has 0 saturated heterocycles. The zero-order valence-electron chi connectivity index (χ0n) is 13.6. The number of nitrogens with one attached hydrogen (secondary N) is 1. The van der Waals surface area contributed by atoms with Gasteiger partial charge in [-0.15, -0.1) is 11.3 Å². The molecule has 0 fully saturated rings. The molecule has 0 bridgehead atoms. The molecule has 2 heterocycles. The van der Waals surface area contributed by atoms with E-state index in [9.17, 15) is 9.59 Å². The van der Waals surface area contributed by atoms with Gasteiger partial charge in [0.25, 0.3) is 5.91 Å². The number of benzene rings is 1. The number of nitrogens with zero attached hydrogens (tertiary/aromatic N) is 1. The molecule has 5 nitrogen and oxygen atoms in total. The van der Waals surface area contributed by atoms with Gasteiger partial charge in [-0.3, -0.25) is 4.79 Å². The van der Waals surface area contributed by atoms with Crippen molar-refractivity contribution in [3.63, 3.8) is 0 Å². The standard InChI is InChI=1S/C18H21N3O2S/c1-2-15-14-8-10-24-16(14)7-9-21(15)17(22)13-5-3-12(4-6-13)11-20-18(19)23/h3-6,8,10,15H,2,7,9,11H2,1H3,(H3,19,20,23). The van der Waals surface area contributed by atoms with Crippen LogP contribution in [0.1, 0.15) is 45.7 Å². The number of primary amides is 1. The van der Waals surface area contributed by atoms with Crippen LogP contribution in [-0.4, -0.2) is 23.4 Å². The van der Waals surface area contributed by atoms with Gasteiger partial charge >= 0.3 is 6.03 Å². The summed E-state index contributed by atoms with van der Waals surface area (Å²) in [4.78, 5) is 27.1. The molecule has 2 aromatic rings. The number of carbonyl (C=O) groups is 2. The number of hydrogen-bond donors (Lipinski definition) is 2. The molecule has 3 amide bonds. The molecular formula is C18H21N3O2S. The molecule has 3 rings (SSSR count). The fourth-order valence-electron chi connectivity index (χ4n) is 3.20. The van der Waals surface area contributed by atoms with E-state index >= 15 is 0 Å². The Hall–Kier alpha value is -2.34. The quantitative estimate of drug-likeness (QED) is 0.895. The minimum Gasteiger partial charge on any atom is -0.352 e. The Morgan fingerprint density at radius 2 is 2.04 bits per heavy atom. The van der Waals surface area contributed by atoms with E-state index in [2.05, 4.69) is 23.7 Å². The van der Waals surface area contributed by atoms with E-state index in [0.29, 0.717) is 12.1 Å². The topological polar surface area (TPSA) is 75.4 Å². The van der Waals surface area contributed by atoms with Gasteiger partial charge in [0, 0.05) is 23.5 Å². The second-order valence-electron chi connectivity index (χ2n) is 5.89. The molecule has 0 spiro atoms. The maximum atomic E-state index is 12.9. The molecule has 0 aliphatic carbocycles. The molecule has 6 heteroatoms. The maximum Gasteiger partial charge on any atom is 0.312 e. The van der Waals surface area contributed by atoms with Crippen LogP contribution < -0.4 is 11.1 Å². The fourth-order valence-corrected chi connectivity index (χ4v) is 4.13. The number of rotatable bonds is 4. The monoisotopic (exact) mass is 343 g/mol. The largest absolute Gasteiger partial charge is 0.352 e. The molecule has 126 valence electrons. The Morgan fingerprint density at radius 3 is 2.71 bits per heavy atom. The average Bonchev–Trinajstić information content (AvgIpc) is 3.07. The zero-order valence-corrected chi connectivity index (χ0v) is 14.4. The number of nitrogens with two attached hydrogens (primary N) is 1. The highest BCUT2D eigenvalue weighted by atomic mass is 32.1. The number of fused-ring (bicyclic) bond motifs is 1. The third kappa shape index (κ3) is 3.28. The van der Waals surface area contributed by atoms with Crippen molar-refractivity contribution in [2.24, 2.45) is 5.73 Å². The highest BCUT2D eigenvalue weighted by Crippen LogP contribution is 2.35. The summed E-state index contributed by atoms with van der Waals surface area (Å²) in [5.74, 6) is 0.0631. The Kier molecular flexibility index (Phi) is 4.85. The predicted molar refractivity (Wildman–Crippen MR) is 95.0 cm³/mol. The van der Waals surface area contributed by atoms with Crippen LogP contribution in [0.4, 0.5) is 4.79 Å². The Balaban J connectivity index is 1.75. The smallest absolute Gasteiger partial charge is 0.312 e. The maximum absolute atomic E-state index is 12.9. The van der Waals surface area contributed by atoms with Crippen LogP contribution in [0, 0.1) is 0 Å². The molecule has 1 atom stereocenters. The number of urea groups is 1. The summed E-state index contributed by atoms with van der Waals surface area (Å²) in [7, 11) is 0. The fraction of sp³-hybridized carbons (Fsp3) is 0.333. The van der Waals surface area contributed by atoms with Crippen molar-refractivity contribution >= 4 is 23.3 Å². The van der Waals surface area contributed by atoms with Gasteiger partial charge in [0.05, 0.1) is 6.04 Å². The first kappa shape index (κ1) is 16.5. The summed E-state index contributed by atoms with van der Waals surface area (Å²) in [6.07, 6.45) is 1.84. The first-order valence-corrected chi connectivity index (χ1v) is 8.97. The van der Waals surface area contributed by atoms with Crippen molar-refractivity contribution in [1.82, 2.24) is 10.2 Å². The van der Waals surface area contributed by atoms with Crippen LogP contribution >= 0.6 is 11.3 Å². The summed E-state index contributed by atoms with van der Waals surface area (Å²) in [6, 6.07) is 9.08. The summed E-state index contributed by atoms with van der Waals surface area (Å²) in [5, 5.41) is 4.66. The summed E-state index contributed by atoms with van der Waals surface area (Å²) in [5.41, 5.74) is 7.95. The lowest BCUT2D eigenvalue weighted by Gasteiger charge is -2.35. The molecule has 24 heavy (non-hydrogen) atoms. The molecular weight excluding hydrogens is 322 g/mol. The molecule has 3 N–H and O–H groups in total. The molecule has 1 aromatic carbocycles. The highest BCUT2D eigenvalue weighted by molar-refractivity contribution is 7.10. The van der Waals surface area contributed by atoms with E-state index in [-0.39, 0.29) is 11.9 Å². The SMILES string of the molecule is CCC1c2ccsc2CCN1C(=O)c1ccc(CNC(N)=O)cc1. The lowest BCUT2D eigenvalue weighted by Crippen LogP contribution is -2.39. The first-order chi connectivity index (χ1) is 11.6. The molecule has 0 saturated carbocycles. The average molecular weight is 343 g/mol. The number of carbonyl (C=O) groups excluding carboxylic acids is 2. The lowest BCUT2D eigenvalue weighted by atomic mass is 9.96. The van der Waals surface area contributed by atoms with E-state index in [1.54, 1.807) is 11.3 Å². The second-order valence-corrected chi connectivity index (χ2v) is 6.89. The van der Waals surface area contributed by atoms with Gasteiger partial charge in [0.15, 0.2) is 0 Å². The summed E-state index contributed by atoms with van der Waals surface area (Å²) < 4.78 is 0. The van der Waals surface area contributed by atoms with Crippen LogP contribution in [0.2, 0.25) is 0 Å². The number of hydrogen-bond acceptors (Lipinski definition) is 3. The van der Waals surface area contributed by atoms with Gasteiger partial charge in [0.1, 0.15) is 0 Å². The van der Waals surface area contributed by atoms with Gasteiger partial charge < -0.3 is 16.0 Å². The Bertz CT molecular complexity index is 739. The van der Waals surface area contributed by atoms with Crippen LogP contribution in [0.5, 0.6) is 0 Å². The van der Waals surface area contributed by atoms with Crippen molar-refractivity contribution < 1.29 is 9.59 Å². The van der Waals surface area contributed by atoms with E-state index in [1.165, 1.54) is 10.4 Å².